The number of aliphatic carboxylic acids is 1. The molecule has 1 aromatic heterocycles. The number of rotatable bonds is 2. The highest BCUT2D eigenvalue weighted by Crippen LogP contribution is 2.38. The monoisotopic (exact) mass is 295 g/mol. The summed E-state index contributed by atoms with van der Waals surface area (Å²) in [5, 5.41) is 9.12. The van der Waals surface area contributed by atoms with Crippen molar-refractivity contribution < 1.29 is 23.1 Å². The van der Waals surface area contributed by atoms with Gasteiger partial charge in [-0.2, -0.15) is 13.2 Å². The SMILES string of the molecule is O=C(O)[C@@H]1CN(c2ncc(Cl)cn2)C[C@H]1C(F)(F)F. The van der Waals surface area contributed by atoms with Crippen LogP contribution in [0.4, 0.5) is 19.1 Å². The van der Waals surface area contributed by atoms with Gasteiger partial charge in [-0.05, 0) is 0 Å². The number of carboxylic acid groups (broad SMARTS) is 1. The predicted octanol–water partition coefficient (Wildman–Crippen LogP) is 1.83. The summed E-state index contributed by atoms with van der Waals surface area (Å²) in [6, 6.07) is 0. The Morgan fingerprint density at radius 2 is 1.95 bits per heavy atom. The van der Waals surface area contributed by atoms with Gasteiger partial charge in [-0.25, -0.2) is 9.97 Å². The Balaban J connectivity index is 2.23. The lowest BCUT2D eigenvalue weighted by Crippen LogP contribution is -2.33. The predicted molar refractivity (Wildman–Crippen MR) is 59.9 cm³/mol. The van der Waals surface area contributed by atoms with Gasteiger partial charge in [0.15, 0.2) is 0 Å². The van der Waals surface area contributed by atoms with Crippen molar-refractivity contribution in [2.45, 2.75) is 6.18 Å². The molecule has 0 aliphatic carbocycles. The summed E-state index contributed by atoms with van der Waals surface area (Å²) in [7, 11) is 0. The maximum atomic E-state index is 12.8. The highest BCUT2D eigenvalue weighted by molar-refractivity contribution is 6.30. The van der Waals surface area contributed by atoms with Gasteiger partial charge in [-0.3, -0.25) is 4.79 Å². The minimum absolute atomic E-state index is 0.0439. The van der Waals surface area contributed by atoms with Crippen LogP contribution in [0.3, 0.4) is 0 Å². The van der Waals surface area contributed by atoms with Crippen molar-refractivity contribution in [1.82, 2.24) is 9.97 Å². The van der Waals surface area contributed by atoms with Gasteiger partial charge in [-0.1, -0.05) is 11.6 Å². The summed E-state index contributed by atoms with van der Waals surface area (Å²) in [5.74, 6) is -4.87. The average molecular weight is 296 g/mol. The molecule has 2 heterocycles. The molecular formula is C10H9ClF3N3O2. The third-order valence-corrected chi connectivity index (χ3v) is 3.14. The second-order valence-corrected chi connectivity index (χ2v) is 4.64. The number of nitrogens with zero attached hydrogens (tertiary/aromatic N) is 3. The van der Waals surface area contributed by atoms with Crippen molar-refractivity contribution in [2.24, 2.45) is 11.8 Å². The Morgan fingerprint density at radius 3 is 2.37 bits per heavy atom. The Labute approximate surface area is 111 Å². The number of halogens is 4. The van der Waals surface area contributed by atoms with Crippen LogP contribution in [0, 0.1) is 11.8 Å². The van der Waals surface area contributed by atoms with Gasteiger partial charge in [0.25, 0.3) is 0 Å². The maximum Gasteiger partial charge on any atom is 0.394 e. The third kappa shape index (κ3) is 2.89. The number of carboxylic acids is 1. The van der Waals surface area contributed by atoms with E-state index in [9.17, 15) is 18.0 Å². The largest absolute Gasteiger partial charge is 0.481 e. The van der Waals surface area contributed by atoms with Crippen LogP contribution in [-0.4, -0.2) is 40.3 Å². The minimum atomic E-state index is -4.57. The van der Waals surface area contributed by atoms with E-state index in [0.29, 0.717) is 0 Å². The van der Waals surface area contributed by atoms with Crippen LogP contribution < -0.4 is 4.90 Å². The molecule has 2 rings (SSSR count). The molecule has 0 bridgehead atoms. The molecule has 1 aromatic rings. The van der Waals surface area contributed by atoms with E-state index in [1.165, 1.54) is 17.3 Å². The lowest BCUT2D eigenvalue weighted by Gasteiger charge is -2.18. The first kappa shape index (κ1) is 13.9. The molecule has 0 aromatic carbocycles. The second kappa shape index (κ2) is 4.84. The summed E-state index contributed by atoms with van der Waals surface area (Å²) in [4.78, 5) is 19.7. The number of aromatic nitrogens is 2. The van der Waals surface area contributed by atoms with Crippen LogP contribution in [0.15, 0.2) is 12.4 Å². The van der Waals surface area contributed by atoms with E-state index in [0.717, 1.165) is 0 Å². The fourth-order valence-corrected chi connectivity index (χ4v) is 2.12. The zero-order chi connectivity index (χ0) is 14.2. The van der Waals surface area contributed by atoms with Gasteiger partial charge in [0.05, 0.1) is 29.3 Å². The lowest BCUT2D eigenvalue weighted by molar-refractivity contribution is -0.187. The van der Waals surface area contributed by atoms with Crippen LogP contribution in [0.5, 0.6) is 0 Å². The van der Waals surface area contributed by atoms with Gasteiger partial charge in [-0.15, -0.1) is 0 Å². The van der Waals surface area contributed by atoms with E-state index in [-0.39, 0.29) is 17.5 Å². The Morgan fingerprint density at radius 1 is 1.37 bits per heavy atom. The summed E-state index contributed by atoms with van der Waals surface area (Å²) < 4.78 is 38.3. The number of carbonyl (C=O) groups is 1. The van der Waals surface area contributed by atoms with Crippen molar-refractivity contribution in [1.29, 1.82) is 0 Å². The average Bonchev–Trinajstić information content (AvgIpc) is 2.74. The van der Waals surface area contributed by atoms with E-state index in [2.05, 4.69) is 9.97 Å². The molecule has 0 spiro atoms. The summed E-state index contributed by atoms with van der Waals surface area (Å²) in [6.45, 7) is -0.747. The van der Waals surface area contributed by atoms with E-state index in [1.54, 1.807) is 0 Å². The van der Waals surface area contributed by atoms with E-state index in [4.69, 9.17) is 16.7 Å². The van der Waals surface area contributed by atoms with Crippen LogP contribution >= 0.6 is 11.6 Å². The quantitative estimate of drug-likeness (QED) is 0.901. The summed E-state index contributed by atoms with van der Waals surface area (Å²) in [6.07, 6.45) is -2.06. The zero-order valence-electron chi connectivity index (χ0n) is 9.43. The van der Waals surface area contributed by atoms with Gasteiger partial charge in [0.1, 0.15) is 0 Å². The second-order valence-electron chi connectivity index (χ2n) is 4.20. The number of anilines is 1. The van der Waals surface area contributed by atoms with Crippen LogP contribution in [0.25, 0.3) is 0 Å². The summed E-state index contributed by atoms with van der Waals surface area (Å²) in [5.41, 5.74) is 0. The normalized spacial score (nSPS) is 23.7. The number of alkyl halides is 3. The maximum absolute atomic E-state index is 12.8. The first-order chi connectivity index (χ1) is 8.79. The Hall–Kier alpha value is -1.57. The Bertz CT molecular complexity index is 480. The van der Waals surface area contributed by atoms with Crippen molar-refractivity contribution in [3.8, 4) is 0 Å². The Kier molecular flexibility index (Phi) is 3.53. The molecule has 104 valence electrons. The minimum Gasteiger partial charge on any atom is -0.481 e. The molecule has 5 nitrogen and oxygen atoms in total. The molecule has 2 atom stereocenters. The van der Waals surface area contributed by atoms with Crippen LogP contribution in [-0.2, 0) is 4.79 Å². The highest BCUT2D eigenvalue weighted by Gasteiger charge is 2.53. The molecule has 0 radical (unpaired) electrons. The molecule has 0 unspecified atom stereocenters. The van der Waals surface area contributed by atoms with Gasteiger partial charge in [0, 0.05) is 13.1 Å². The third-order valence-electron chi connectivity index (χ3n) is 2.95. The molecule has 1 aliphatic heterocycles. The molecule has 1 fully saturated rings. The van der Waals surface area contributed by atoms with Crippen molar-refractivity contribution in [3.05, 3.63) is 17.4 Å². The van der Waals surface area contributed by atoms with E-state index in [1.807, 2.05) is 0 Å². The van der Waals surface area contributed by atoms with Crippen molar-refractivity contribution in [3.63, 3.8) is 0 Å². The first-order valence-corrected chi connectivity index (χ1v) is 5.69. The van der Waals surface area contributed by atoms with Crippen molar-refractivity contribution in [2.75, 3.05) is 18.0 Å². The number of hydrogen-bond acceptors (Lipinski definition) is 4. The molecule has 0 saturated carbocycles. The molecule has 19 heavy (non-hydrogen) atoms. The van der Waals surface area contributed by atoms with Gasteiger partial charge < -0.3 is 10.0 Å². The van der Waals surface area contributed by atoms with Crippen LogP contribution in [0.2, 0.25) is 5.02 Å². The van der Waals surface area contributed by atoms with Gasteiger partial charge in [0.2, 0.25) is 5.95 Å². The van der Waals surface area contributed by atoms with Gasteiger partial charge >= 0.3 is 12.1 Å². The van der Waals surface area contributed by atoms with E-state index >= 15 is 0 Å². The molecule has 9 heteroatoms. The molecule has 1 saturated heterocycles. The molecule has 1 aliphatic rings. The molecule has 1 N–H and O–H groups in total. The fraction of sp³-hybridized carbons (Fsp3) is 0.500. The number of hydrogen-bond donors (Lipinski definition) is 1. The summed E-state index contributed by atoms with van der Waals surface area (Å²) >= 11 is 5.58. The standard InChI is InChI=1S/C10H9ClF3N3O2/c11-5-1-15-9(16-2-5)17-3-6(8(18)19)7(4-17)10(12,13)14/h1-2,6-7H,3-4H2,(H,18,19)/t6-,7-/m1/s1. The van der Waals surface area contributed by atoms with E-state index < -0.39 is 30.5 Å². The molecule has 0 amide bonds. The topological polar surface area (TPSA) is 66.3 Å². The van der Waals surface area contributed by atoms with Crippen LogP contribution in [0.1, 0.15) is 0 Å². The smallest absolute Gasteiger partial charge is 0.394 e. The zero-order valence-corrected chi connectivity index (χ0v) is 10.2. The first-order valence-electron chi connectivity index (χ1n) is 5.31. The fourth-order valence-electron chi connectivity index (χ4n) is 2.02. The highest BCUT2D eigenvalue weighted by atomic mass is 35.5. The molecular weight excluding hydrogens is 287 g/mol. The van der Waals surface area contributed by atoms with Crippen molar-refractivity contribution >= 4 is 23.5 Å². The lowest BCUT2D eigenvalue weighted by atomic mass is 9.96.